The lowest BCUT2D eigenvalue weighted by Crippen LogP contribution is -2.47. The van der Waals surface area contributed by atoms with E-state index in [4.69, 9.17) is 11.6 Å². The molecule has 1 aliphatic rings. The van der Waals surface area contributed by atoms with Crippen LogP contribution in [-0.2, 0) is 0 Å². The Morgan fingerprint density at radius 3 is 2.50 bits per heavy atom. The van der Waals surface area contributed by atoms with Crippen molar-refractivity contribution < 1.29 is 9.18 Å². The molecule has 0 spiro atoms. The Kier molecular flexibility index (Phi) is 4.97. The van der Waals surface area contributed by atoms with Crippen molar-refractivity contribution in [3.05, 3.63) is 53.1 Å². The second-order valence-corrected chi connectivity index (χ2v) is 6.19. The summed E-state index contributed by atoms with van der Waals surface area (Å²) in [6, 6.07) is 7.84. The van der Waals surface area contributed by atoms with Crippen molar-refractivity contribution >= 4 is 28.9 Å². The van der Waals surface area contributed by atoms with Crippen LogP contribution >= 0.6 is 11.6 Å². The number of carbonyl (C=O) groups excluding carboxylic acids is 1. The lowest BCUT2D eigenvalue weighted by molar-refractivity contribution is 0.0658. The summed E-state index contributed by atoms with van der Waals surface area (Å²) < 4.78 is 13.2. The number of carbonyl (C=O) groups is 1. The SMILES string of the molecule is CN1CCN(C(=O)c2ccc(Nc3ccc(F)c(Cl)c3)cn2)CC1. The van der Waals surface area contributed by atoms with E-state index in [1.807, 2.05) is 11.9 Å². The van der Waals surface area contributed by atoms with Crippen LogP contribution in [0.25, 0.3) is 0 Å². The van der Waals surface area contributed by atoms with Gasteiger partial charge in [0.25, 0.3) is 5.91 Å². The van der Waals surface area contributed by atoms with Crippen LogP contribution < -0.4 is 5.32 Å². The number of hydrogen-bond acceptors (Lipinski definition) is 4. The van der Waals surface area contributed by atoms with Gasteiger partial charge in [-0.05, 0) is 37.4 Å². The number of likely N-dealkylation sites (N-methyl/N-ethyl adjacent to an activating group) is 1. The number of pyridine rings is 1. The molecule has 7 heteroatoms. The topological polar surface area (TPSA) is 48.5 Å². The number of hydrogen-bond donors (Lipinski definition) is 1. The molecule has 0 bridgehead atoms. The number of amides is 1. The number of piperazine rings is 1. The molecule has 5 nitrogen and oxygen atoms in total. The summed E-state index contributed by atoms with van der Waals surface area (Å²) in [5, 5.41) is 3.13. The molecule has 1 aliphatic heterocycles. The van der Waals surface area contributed by atoms with Crippen molar-refractivity contribution in [2.45, 2.75) is 0 Å². The van der Waals surface area contributed by atoms with Crippen molar-refractivity contribution in [1.29, 1.82) is 0 Å². The van der Waals surface area contributed by atoms with Gasteiger partial charge in [-0.15, -0.1) is 0 Å². The number of rotatable bonds is 3. The van der Waals surface area contributed by atoms with E-state index in [2.05, 4.69) is 15.2 Å². The molecule has 126 valence electrons. The number of nitrogens with zero attached hydrogens (tertiary/aromatic N) is 3. The average Bonchev–Trinajstić information content (AvgIpc) is 2.59. The van der Waals surface area contributed by atoms with Crippen LogP contribution in [0, 0.1) is 5.82 Å². The highest BCUT2D eigenvalue weighted by atomic mass is 35.5. The van der Waals surface area contributed by atoms with Gasteiger partial charge in [0.15, 0.2) is 0 Å². The highest BCUT2D eigenvalue weighted by Crippen LogP contribution is 2.22. The van der Waals surface area contributed by atoms with Gasteiger partial charge in [-0.3, -0.25) is 4.79 Å². The van der Waals surface area contributed by atoms with Gasteiger partial charge >= 0.3 is 0 Å². The van der Waals surface area contributed by atoms with Crippen molar-refractivity contribution in [1.82, 2.24) is 14.8 Å². The zero-order chi connectivity index (χ0) is 17.1. The summed E-state index contributed by atoms with van der Waals surface area (Å²) in [4.78, 5) is 20.7. The lowest BCUT2D eigenvalue weighted by atomic mass is 10.2. The van der Waals surface area contributed by atoms with E-state index >= 15 is 0 Å². The molecule has 24 heavy (non-hydrogen) atoms. The van der Waals surface area contributed by atoms with Gasteiger partial charge in [0.1, 0.15) is 11.5 Å². The van der Waals surface area contributed by atoms with E-state index in [0.717, 1.165) is 13.1 Å². The zero-order valence-corrected chi connectivity index (χ0v) is 14.1. The van der Waals surface area contributed by atoms with Crippen LogP contribution in [0.4, 0.5) is 15.8 Å². The van der Waals surface area contributed by atoms with Gasteiger partial charge in [0.05, 0.1) is 16.9 Å². The maximum Gasteiger partial charge on any atom is 0.272 e. The molecule has 0 aliphatic carbocycles. The summed E-state index contributed by atoms with van der Waals surface area (Å²) >= 11 is 5.76. The van der Waals surface area contributed by atoms with Crippen molar-refractivity contribution in [2.24, 2.45) is 0 Å². The molecule has 2 aromatic rings. The Balaban J connectivity index is 1.66. The standard InChI is InChI=1S/C17H18ClFN4O/c1-22-6-8-23(9-7-22)17(24)16-5-3-13(11-20-16)21-12-2-4-15(19)14(18)10-12/h2-5,10-11,21H,6-9H2,1H3. The molecule has 0 radical (unpaired) electrons. The van der Waals surface area contributed by atoms with E-state index in [-0.39, 0.29) is 10.9 Å². The number of halogens is 2. The van der Waals surface area contributed by atoms with Crippen molar-refractivity contribution in [3.8, 4) is 0 Å². The van der Waals surface area contributed by atoms with Gasteiger partial charge in [0, 0.05) is 31.9 Å². The Bertz CT molecular complexity index is 730. The van der Waals surface area contributed by atoms with Crippen molar-refractivity contribution in [3.63, 3.8) is 0 Å². The van der Waals surface area contributed by atoms with Gasteiger partial charge in [-0.2, -0.15) is 0 Å². The lowest BCUT2D eigenvalue weighted by Gasteiger charge is -2.32. The number of benzene rings is 1. The highest BCUT2D eigenvalue weighted by molar-refractivity contribution is 6.31. The number of anilines is 2. The minimum Gasteiger partial charge on any atom is -0.354 e. The molecule has 1 aromatic heterocycles. The summed E-state index contributed by atoms with van der Waals surface area (Å²) in [6.07, 6.45) is 1.58. The first-order chi connectivity index (χ1) is 11.5. The summed E-state index contributed by atoms with van der Waals surface area (Å²) in [5.74, 6) is -0.520. The van der Waals surface area contributed by atoms with Crippen LogP contribution in [-0.4, -0.2) is 53.9 Å². The average molecular weight is 349 g/mol. The van der Waals surface area contributed by atoms with E-state index < -0.39 is 5.82 Å². The Labute approximate surface area is 145 Å². The highest BCUT2D eigenvalue weighted by Gasteiger charge is 2.21. The Hall–Kier alpha value is -2.18. The van der Waals surface area contributed by atoms with E-state index in [1.165, 1.54) is 12.1 Å². The smallest absolute Gasteiger partial charge is 0.272 e. The molecule has 1 fully saturated rings. The molecule has 1 saturated heterocycles. The summed E-state index contributed by atoms with van der Waals surface area (Å²) in [5.41, 5.74) is 1.77. The third kappa shape index (κ3) is 3.83. The van der Waals surface area contributed by atoms with Crippen molar-refractivity contribution in [2.75, 3.05) is 38.5 Å². The molecule has 0 unspecified atom stereocenters. The largest absolute Gasteiger partial charge is 0.354 e. The molecule has 3 rings (SSSR count). The van der Waals surface area contributed by atoms with Gasteiger partial charge < -0.3 is 15.1 Å². The number of aromatic nitrogens is 1. The first kappa shape index (κ1) is 16.7. The predicted molar refractivity (Wildman–Crippen MR) is 92.3 cm³/mol. The fraction of sp³-hybridized carbons (Fsp3) is 0.294. The van der Waals surface area contributed by atoms with Crippen LogP contribution in [0.1, 0.15) is 10.5 Å². The zero-order valence-electron chi connectivity index (χ0n) is 13.3. The second-order valence-electron chi connectivity index (χ2n) is 5.78. The summed E-state index contributed by atoms with van der Waals surface area (Å²) in [6.45, 7) is 3.17. The molecular weight excluding hydrogens is 331 g/mol. The second kappa shape index (κ2) is 7.15. The Morgan fingerprint density at radius 1 is 1.17 bits per heavy atom. The molecular formula is C17H18ClFN4O. The monoisotopic (exact) mass is 348 g/mol. The molecule has 2 heterocycles. The molecule has 0 saturated carbocycles. The number of nitrogens with one attached hydrogen (secondary N) is 1. The molecule has 1 amide bonds. The minimum atomic E-state index is -0.464. The fourth-order valence-electron chi connectivity index (χ4n) is 2.51. The summed E-state index contributed by atoms with van der Waals surface area (Å²) in [7, 11) is 2.04. The third-order valence-electron chi connectivity index (χ3n) is 3.98. The van der Waals surface area contributed by atoms with Gasteiger partial charge in [-0.1, -0.05) is 11.6 Å². The maximum atomic E-state index is 13.2. The van der Waals surface area contributed by atoms with E-state index in [0.29, 0.717) is 30.2 Å². The van der Waals surface area contributed by atoms with Crippen LogP contribution in [0.5, 0.6) is 0 Å². The van der Waals surface area contributed by atoms with Crippen LogP contribution in [0.2, 0.25) is 5.02 Å². The normalized spacial score (nSPS) is 15.4. The Morgan fingerprint density at radius 2 is 1.88 bits per heavy atom. The fourth-order valence-corrected chi connectivity index (χ4v) is 2.69. The molecule has 1 N–H and O–H groups in total. The third-order valence-corrected chi connectivity index (χ3v) is 4.27. The van der Waals surface area contributed by atoms with E-state index in [1.54, 1.807) is 24.4 Å². The first-order valence-corrected chi connectivity index (χ1v) is 8.06. The predicted octanol–water partition coefficient (Wildman–Crippen LogP) is 3.01. The van der Waals surface area contributed by atoms with Gasteiger partial charge in [-0.25, -0.2) is 9.37 Å². The molecule has 1 aromatic carbocycles. The first-order valence-electron chi connectivity index (χ1n) is 7.69. The van der Waals surface area contributed by atoms with Gasteiger partial charge in [0.2, 0.25) is 0 Å². The maximum absolute atomic E-state index is 13.2. The minimum absolute atomic E-state index is 0.0508. The quantitative estimate of drug-likeness (QED) is 0.926. The van der Waals surface area contributed by atoms with Crippen LogP contribution in [0.3, 0.4) is 0 Å². The van der Waals surface area contributed by atoms with E-state index in [9.17, 15) is 9.18 Å². The molecule has 0 atom stereocenters. The van der Waals surface area contributed by atoms with Crippen LogP contribution in [0.15, 0.2) is 36.5 Å².